The Bertz CT molecular complexity index is 1290. The highest BCUT2D eigenvalue weighted by Crippen LogP contribution is 2.29. The van der Waals surface area contributed by atoms with E-state index in [1.54, 1.807) is 0 Å². The van der Waals surface area contributed by atoms with Crippen molar-refractivity contribution in [2.45, 2.75) is 6.18 Å². The van der Waals surface area contributed by atoms with Gasteiger partial charge in [-0.2, -0.15) is 13.2 Å². The van der Waals surface area contributed by atoms with E-state index in [1.165, 1.54) is 0 Å². The fourth-order valence-electron chi connectivity index (χ4n) is 2.47. The largest absolute Gasteiger partial charge is 0.431 e. The molecule has 176 valence electrons. The van der Waals surface area contributed by atoms with Crippen LogP contribution in [-0.2, 0) is 32.9 Å². The number of nitrogens with one attached hydrogen (secondary N) is 1. The predicted molar refractivity (Wildman–Crippen MR) is 104 cm³/mol. The summed E-state index contributed by atoms with van der Waals surface area (Å²) in [6.45, 7) is 0. The molecule has 1 N–H and O–H groups in total. The van der Waals surface area contributed by atoms with Crippen LogP contribution in [0.15, 0.2) is 27.8 Å². The molecule has 1 heterocycles. The number of rotatable bonds is 6. The molecule has 1 amide bonds. The summed E-state index contributed by atoms with van der Waals surface area (Å²) in [6, 6.07) is 1.26. The van der Waals surface area contributed by atoms with Crippen LogP contribution in [0, 0.1) is 5.82 Å². The molecular weight excluding hydrogens is 488 g/mol. The lowest BCUT2D eigenvalue weighted by atomic mass is 10.2. The van der Waals surface area contributed by atoms with Crippen molar-refractivity contribution in [1.29, 1.82) is 0 Å². The Balaban J connectivity index is 2.60. The third kappa shape index (κ3) is 5.28. The summed E-state index contributed by atoms with van der Waals surface area (Å²) in [4.78, 5) is 40.9. The number of hydrogen-bond donors (Lipinski definition) is 1. The van der Waals surface area contributed by atoms with Crippen molar-refractivity contribution in [2.24, 2.45) is 7.05 Å². The number of nitrogens with zero attached hydrogens (tertiary/aromatic N) is 3. The highest BCUT2D eigenvalue weighted by molar-refractivity contribution is 7.93. The molecule has 0 saturated heterocycles. The lowest BCUT2D eigenvalue weighted by Crippen LogP contribution is -2.41. The van der Waals surface area contributed by atoms with Gasteiger partial charge in [-0.15, -0.1) is 0 Å². The van der Waals surface area contributed by atoms with Gasteiger partial charge in [-0.1, -0.05) is 11.6 Å². The molecule has 0 saturated carbocycles. The molecule has 0 fully saturated rings. The molecule has 2 aromatic rings. The van der Waals surface area contributed by atoms with E-state index in [2.05, 4.69) is 4.84 Å². The summed E-state index contributed by atoms with van der Waals surface area (Å²) >= 11 is 5.81. The van der Waals surface area contributed by atoms with Gasteiger partial charge < -0.3 is 0 Å². The number of benzene rings is 1. The summed E-state index contributed by atoms with van der Waals surface area (Å²) in [5.41, 5.74) is -6.04. The Morgan fingerprint density at radius 1 is 1.25 bits per heavy atom. The molecule has 0 atom stereocenters. The number of carbonyl (C=O) groups is 1. The van der Waals surface area contributed by atoms with Crippen LogP contribution in [-0.4, -0.2) is 48.4 Å². The molecule has 0 spiro atoms. The van der Waals surface area contributed by atoms with E-state index in [-0.39, 0.29) is 15.2 Å². The molecule has 16 heteroatoms. The molecule has 0 unspecified atom stereocenters. The summed E-state index contributed by atoms with van der Waals surface area (Å²) in [7, 11) is -1.45. The zero-order chi connectivity index (χ0) is 24.6. The number of aromatic nitrogens is 2. The lowest BCUT2D eigenvalue weighted by Gasteiger charge is -2.17. The zero-order valence-electron chi connectivity index (χ0n) is 16.5. The van der Waals surface area contributed by atoms with Crippen LogP contribution in [0.1, 0.15) is 5.69 Å². The van der Waals surface area contributed by atoms with E-state index in [0.717, 1.165) is 21.2 Å². The first-order valence-electron chi connectivity index (χ1n) is 8.30. The normalized spacial score (nSPS) is 12.0. The second-order valence-corrected chi connectivity index (χ2v) is 8.39. The first-order chi connectivity index (χ1) is 14.6. The summed E-state index contributed by atoms with van der Waals surface area (Å²) in [5.74, 6) is -3.39. The molecule has 32 heavy (non-hydrogen) atoms. The van der Waals surface area contributed by atoms with Gasteiger partial charge in [-0.25, -0.2) is 27.2 Å². The van der Waals surface area contributed by atoms with Gasteiger partial charge in [-0.3, -0.25) is 23.7 Å². The van der Waals surface area contributed by atoms with Gasteiger partial charge >= 0.3 is 11.9 Å². The maximum absolute atomic E-state index is 14.5. The van der Waals surface area contributed by atoms with Crippen LogP contribution in [0.2, 0.25) is 5.02 Å². The Kier molecular flexibility index (Phi) is 7.06. The standard InChI is InChI=1S/C16H15ClF4N4O6S/c1-23-12(16(19,20)21)6-13(26)25(15(23)28)11-5-10(8(17)4-9(11)18)22-32(29,30)7-14(27)24(2)31-3/h4-6,22H,7H2,1-3H3. The lowest BCUT2D eigenvalue weighted by molar-refractivity contribution is -0.165. The number of sulfonamides is 1. The monoisotopic (exact) mass is 502 g/mol. The third-order valence-corrected chi connectivity index (χ3v) is 5.56. The number of halogens is 5. The number of hydrogen-bond acceptors (Lipinski definition) is 6. The first-order valence-corrected chi connectivity index (χ1v) is 10.3. The highest BCUT2D eigenvalue weighted by atomic mass is 35.5. The van der Waals surface area contributed by atoms with Crippen molar-refractivity contribution in [2.75, 3.05) is 24.6 Å². The molecule has 2 rings (SSSR count). The van der Waals surface area contributed by atoms with Gasteiger partial charge in [-0.05, 0) is 12.1 Å². The Morgan fingerprint density at radius 3 is 2.38 bits per heavy atom. The van der Waals surface area contributed by atoms with Gasteiger partial charge in [0.25, 0.3) is 11.5 Å². The van der Waals surface area contributed by atoms with Crippen molar-refractivity contribution < 1.29 is 35.6 Å². The minimum atomic E-state index is -5.03. The maximum Gasteiger partial charge on any atom is 0.431 e. The molecule has 1 aromatic carbocycles. The van der Waals surface area contributed by atoms with Crippen molar-refractivity contribution >= 4 is 33.2 Å². The second-order valence-electron chi connectivity index (χ2n) is 6.26. The highest BCUT2D eigenvalue weighted by Gasteiger charge is 2.35. The average Bonchev–Trinajstić information content (AvgIpc) is 2.65. The fraction of sp³-hybridized carbons (Fsp3) is 0.312. The van der Waals surface area contributed by atoms with Gasteiger partial charge in [0, 0.05) is 20.2 Å². The molecule has 10 nitrogen and oxygen atoms in total. The van der Waals surface area contributed by atoms with Gasteiger partial charge in [0.05, 0.1) is 23.5 Å². The van der Waals surface area contributed by atoms with E-state index in [0.29, 0.717) is 17.2 Å². The molecule has 0 bridgehead atoms. The number of carbonyl (C=O) groups excluding carboxylic acids is 1. The van der Waals surface area contributed by atoms with Crippen LogP contribution in [0.25, 0.3) is 5.69 Å². The van der Waals surface area contributed by atoms with Crippen molar-refractivity contribution in [1.82, 2.24) is 14.2 Å². The smallest absolute Gasteiger partial charge is 0.292 e. The Hall–Kier alpha value is -2.91. The number of amides is 1. The predicted octanol–water partition coefficient (Wildman–Crippen LogP) is 1.11. The SMILES string of the molecule is CON(C)C(=O)CS(=O)(=O)Nc1cc(-n2c(=O)cc(C(F)(F)F)n(C)c2=O)c(F)cc1Cl. The first kappa shape index (κ1) is 25.4. The van der Waals surface area contributed by atoms with E-state index in [1.807, 2.05) is 4.72 Å². The van der Waals surface area contributed by atoms with E-state index >= 15 is 0 Å². The molecular formula is C16H15ClF4N4O6S. The van der Waals surface area contributed by atoms with Crippen LogP contribution in [0.3, 0.4) is 0 Å². The molecule has 1 aromatic heterocycles. The Labute approximate surface area is 182 Å². The quantitative estimate of drug-likeness (QED) is 0.467. The summed E-state index contributed by atoms with van der Waals surface area (Å²) in [5, 5.41) is 0.113. The summed E-state index contributed by atoms with van der Waals surface area (Å²) in [6.07, 6.45) is -5.03. The van der Waals surface area contributed by atoms with Crippen molar-refractivity contribution in [3.05, 3.63) is 55.6 Å². The van der Waals surface area contributed by atoms with Crippen LogP contribution in [0.5, 0.6) is 0 Å². The van der Waals surface area contributed by atoms with Crippen molar-refractivity contribution in [3.63, 3.8) is 0 Å². The third-order valence-electron chi connectivity index (χ3n) is 4.09. The van der Waals surface area contributed by atoms with Crippen LogP contribution >= 0.6 is 11.6 Å². The van der Waals surface area contributed by atoms with Gasteiger partial charge in [0.1, 0.15) is 11.5 Å². The molecule has 0 aliphatic carbocycles. The van der Waals surface area contributed by atoms with Gasteiger partial charge in [0.15, 0.2) is 5.75 Å². The van der Waals surface area contributed by atoms with Crippen LogP contribution < -0.4 is 16.0 Å². The van der Waals surface area contributed by atoms with Crippen LogP contribution in [0.4, 0.5) is 23.2 Å². The minimum absolute atomic E-state index is 0.0720. The fourth-order valence-corrected chi connectivity index (χ4v) is 3.80. The maximum atomic E-state index is 14.5. The number of anilines is 1. The van der Waals surface area contributed by atoms with E-state index < -0.39 is 67.0 Å². The molecule has 0 radical (unpaired) electrons. The average molecular weight is 503 g/mol. The van der Waals surface area contributed by atoms with E-state index in [9.17, 15) is 40.4 Å². The second kappa shape index (κ2) is 8.91. The topological polar surface area (TPSA) is 120 Å². The Morgan fingerprint density at radius 2 is 1.84 bits per heavy atom. The van der Waals surface area contributed by atoms with Gasteiger partial charge in [0.2, 0.25) is 10.0 Å². The molecule has 0 aliphatic heterocycles. The minimum Gasteiger partial charge on any atom is -0.292 e. The van der Waals surface area contributed by atoms with Crippen molar-refractivity contribution in [3.8, 4) is 5.69 Å². The number of hydroxylamine groups is 2. The molecule has 0 aliphatic rings. The zero-order valence-corrected chi connectivity index (χ0v) is 18.1. The summed E-state index contributed by atoms with van der Waals surface area (Å²) < 4.78 is 80.0. The van der Waals surface area contributed by atoms with E-state index in [4.69, 9.17) is 11.6 Å². The number of alkyl halides is 3.